The number of hydrogen-bond donors (Lipinski definition) is 1. The van der Waals surface area contributed by atoms with Gasteiger partial charge in [0.15, 0.2) is 0 Å². The number of hydrogen-bond acceptors (Lipinski definition) is 2. The van der Waals surface area contributed by atoms with Crippen LogP contribution in [-0.2, 0) is 5.41 Å². The molecule has 0 radical (unpaired) electrons. The lowest BCUT2D eigenvalue weighted by molar-refractivity contribution is 0.757. The minimum Gasteiger partial charge on any atom is -0.358 e. The van der Waals surface area contributed by atoms with Crippen LogP contribution in [0.4, 0.5) is 11.4 Å². The van der Waals surface area contributed by atoms with Crippen molar-refractivity contribution in [3.05, 3.63) is 204 Å². The Labute approximate surface area is 279 Å². The first-order valence-corrected chi connectivity index (χ1v) is 16.6. The first-order valence-electron chi connectivity index (χ1n) is 16.6. The topological polar surface area (TPSA) is 29.3 Å². The van der Waals surface area contributed by atoms with Gasteiger partial charge in [0.1, 0.15) is 6.17 Å². The second-order valence-corrected chi connectivity index (χ2v) is 12.8. The molecule has 1 N–H and O–H groups in total. The van der Waals surface area contributed by atoms with Crippen molar-refractivity contribution in [2.24, 2.45) is 4.99 Å². The van der Waals surface area contributed by atoms with Gasteiger partial charge >= 0.3 is 0 Å². The maximum atomic E-state index is 5.31. The molecule has 226 valence electrons. The molecule has 1 atom stereocenters. The lowest BCUT2D eigenvalue weighted by atomic mass is 9.67. The van der Waals surface area contributed by atoms with Crippen molar-refractivity contribution in [2.45, 2.75) is 11.6 Å². The van der Waals surface area contributed by atoms with E-state index in [-0.39, 0.29) is 6.17 Å². The Morgan fingerprint density at radius 2 is 1.12 bits per heavy atom. The average molecular weight is 614 g/mol. The van der Waals surface area contributed by atoms with E-state index in [1.807, 2.05) is 0 Å². The van der Waals surface area contributed by atoms with Crippen molar-refractivity contribution in [3.8, 4) is 11.1 Å². The van der Waals surface area contributed by atoms with E-state index in [2.05, 4.69) is 186 Å². The molecule has 1 aliphatic carbocycles. The van der Waals surface area contributed by atoms with Crippen LogP contribution in [0.5, 0.6) is 0 Å². The summed E-state index contributed by atoms with van der Waals surface area (Å²) >= 11 is 0. The number of aliphatic imine (C=N–C) groups is 1. The van der Waals surface area contributed by atoms with Gasteiger partial charge in [0, 0.05) is 16.3 Å². The molecule has 1 aliphatic heterocycles. The summed E-state index contributed by atoms with van der Waals surface area (Å²) in [6, 6.07) is 63.7. The highest BCUT2D eigenvalue weighted by Crippen LogP contribution is 2.57. The number of anilines is 1. The van der Waals surface area contributed by atoms with Gasteiger partial charge in [0.25, 0.3) is 0 Å². The van der Waals surface area contributed by atoms with Gasteiger partial charge in [-0.2, -0.15) is 0 Å². The Kier molecular flexibility index (Phi) is 5.85. The molecule has 3 heteroatoms. The third-order valence-electron chi connectivity index (χ3n) is 10.3. The Bertz CT molecular complexity index is 2490. The molecule has 0 amide bonds. The average Bonchev–Trinajstić information content (AvgIpc) is 3.64. The number of para-hydroxylation sites is 3. The normalized spacial score (nSPS) is 15.8. The molecule has 10 rings (SSSR count). The molecular weight excluding hydrogens is 583 g/mol. The summed E-state index contributed by atoms with van der Waals surface area (Å²) < 4.78 is 2.47. The zero-order valence-electron chi connectivity index (χ0n) is 26.2. The van der Waals surface area contributed by atoms with Crippen LogP contribution in [0.25, 0.3) is 32.9 Å². The predicted octanol–water partition coefficient (Wildman–Crippen LogP) is 10.9. The predicted molar refractivity (Wildman–Crippen MR) is 198 cm³/mol. The van der Waals surface area contributed by atoms with E-state index >= 15 is 0 Å². The number of nitrogens with zero attached hydrogens (tertiary/aromatic N) is 2. The lowest BCUT2D eigenvalue weighted by Crippen LogP contribution is -2.30. The second kappa shape index (κ2) is 10.4. The van der Waals surface area contributed by atoms with E-state index in [9.17, 15) is 0 Å². The number of rotatable bonds is 4. The van der Waals surface area contributed by atoms with Gasteiger partial charge in [-0.1, -0.05) is 146 Å². The number of fused-ring (bicyclic) bond motifs is 7. The molecule has 0 bridgehead atoms. The molecule has 2 aliphatic rings. The summed E-state index contributed by atoms with van der Waals surface area (Å²) in [4.78, 5) is 5.31. The fourth-order valence-corrected chi connectivity index (χ4v) is 8.33. The molecule has 7 aromatic carbocycles. The van der Waals surface area contributed by atoms with Crippen molar-refractivity contribution in [2.75, 3.05) is 5.32 Å². The molecule has 2 heterocycles. The van der Waals surface area contributed by atoms with Crippen molar-refractivity contribution in [1.29, 1.82) is 0 Å². The molecule has 0 spiro atoms. The summed E-state index contributed by atoms with van der Waals surface area (Å²) in [6.07, 6.45) is -0.215. The minimum absolute atomic E-state index is 0.215. The van der Waals surface area contributed by atoms with E-state index in [0.717, 1.165) is 22.6 Å². The smallest absolute Gasteiger partial charge is 0.148 e. The summed E-state index contributed by atoms with van der Waals surface area (Å²) in [6.45, 7) is 0. The molecular formula is C45H31N3. The second-order valence-electron chi connectivity index (χ2n) is 12.8. The molecule has 1 unspecified atom stereocenters. The third kappa shape index (κ3) is 3.73. The Hall–Kier alpha value is -6.19. The van der Waals surface area contributed by atoms with Crippen LogP contribution in [-0.4, -0.2) is 10.3 Å². The lowest BCUT2D eigenvalue weighted by Gasteiger charge is -2.34. The van der Waals surface area contributed by atoms with Crippen molar-refractivity contribution >= 4 is 38.9 Å². The van der Waals surface area contributed by atoms with Gasteiger partial charge in [-0.3, -0.25) is 0 Å². The molecule has 8 aromatic rings. The van der Waals surface area contributed by atoms with Gasteiger partial charge in [-0.15, -0.1) is 0 Å². The summed E-state index contributed by atoms with van der Waals surface area (Å²) in [5.74, 6) is 0. The van der Waals surface area contributed by atoms with Gasteiger partial charge in [-0.25, -0.2) is 4.99 Å². The summed E-state index contributed by atoms with van der Waals surface area (Å²) in [7, 11) is 0. The maximum Gasteiger partial charge on any atom is 0.148 e. The first-order chi connectivity index (χ1) is 23.8. The number of nitrogens with one attached hydrogen (secondary N) is 1. The van der Waals surface area contributed by atoms with Gasteiger partial charge in [0.05, 0.1) is 33.5 Å². The highest BCUT2D eigenvalue weighted by molar-refractivity contribution is 6.14. The van der Waals surface area contributed by atoms with Gasteiger partial charge in [0.2, 0.25) is 0 Å². The SMILES string of the molecule is c1ccc(C2=Nc3ccccc3NC2n2c3ccccc3c3cc4c(cc32)-c2ccccc2C4(c2ccccc2)c2ccccc2)cc1. The van der Waals surface area contributed by atoms with E-state index < -0.39 is 5.41 Å². The standard InChI is InChI=1S/C45H31N3/c1-4-16-30(17-5-1)43-44(47-40-26-14-13-25-39(40)46-43)48-41-27-15-11-23-34(41)36-28-38-35(29-42(36)48)33-22-10-12-24-37(33)45(38,31-18-6-2-7-19-31)32-20-8-3-9-21-32/h1-29,44,47H. The van der Waals surface area contributed by atoms with Gasteiger partial charge < -0.3 is 9.88 Å². The fraction of sp³-hybridized carbons (Fsp3) is 0.0444. The van der Waals surface area contributed by atoms with Crippen LogP contribution in [0.2, 0.25) is 0 Å². The molecule has 3 nitrogen and oxygen atoms in total. The molecule has 0 fully saturated rings. The Morgan fingerprint density at radius 3 is 1.90 bits per heavy atom. The van der Waals surface area contributed by atoms with Crippen LogP contribution in [0, 0.1) is 0 Å². The van der Waals surface area contributed by atoms with Crippen LogP contribution < -0.4 is 5.32 Å². The van der Waals surface area contributed by atoms with Gasteiger partial charge in [-0.05, 0) is 63.7 Å². The molecule has 0 saturated heterocycles. The van der Waals surface area contributed by atoms with Crippen molar-refractivity contribution in [1.82, 2.24) is 4.57 Å². The van der Waals surface area contributed by atoms with E-state index in [1.165, 1.54) is 55.2 Å². The highest BCUT2D eigenvalue weighted by Gasteiger charge is 2.46. The molecule has 1 aromatic heterocycles. The molecule has 0 saturated carbocycles. The quantitative estimate of drug-likeness (QED) is 0.210. The van der Waals surface area contributed by atoms with Crippen LogP contribution in [0.15, 0.2) is 181 Å². The first kappa shape index (κ1) is 27.0. The largest absolute Gasteiger partial charge is 0.358 e. The maximum absolute atomic E-state index is 5.31. The zero-order chi connectivity index (χ0) is 31.7. The summed E-state index contributed by atoms with van der Waals surface area (Å²) in [5.41, 5.74) is 13.7. The zero-order valence-corrected chi connectivity index (χ0v) is 26.2. The molecule has 48 heavy (non-hydrogen) atoms. The summed E-state index contributed by atoms with van der Waals surface area (Å²) in [5, 5.41) is 6.39. The Balaban J connectivity index is 1.31. The minimum atomic E-state index is -0.454. The number of aromatic nitrogens is 1. The Morgan fingerprint density at radius 1 is 0.500 bits per heavy atom. The van der Waals surface area contributed by atoms with Crippen molar-refractivity contribution < 1.29 is 0 Å². The van der Waals surface area contributed by atoms with E-state index in [4.69, 9.17) is 4.99 Å². The van der Waals surface area contributed by atoms with Crippen molar-refractivity contribution in [3.63, 3.8) is 0 Å². The third-order valence-corrected chi connectivity index (χ3v) is 10.3. The van der Waals surface area contributed by atoms with E-state index in [1.54, 1.807) is 0 Å². The fourth-order valence-electron chi connectivity index (χ4n) is 8.33. The van der Waals surface area contributed by atoms with Crippen LogP contribution in [0.3, 0.4) is 0 Å². The monoisotopic (exact) mass is 613 g/mol. The number of benzene rings is 7. The van der Waals surface area contributed by atoms with E-state index in [0.29, 0.717) is 0 Å². The van der Waals surface area contributed by atoms with Crippen LogP contribution >= 0.6 is 0 Å². The van der Waals surface area contributed by atoms with Crippen LogP contribution in [0.1, 0.15) is 34.0 Å². The highest BCUT2D eigenvalue weighted by atomic mass is 15.2.